The molecule has 1 N–H and O–H groups in total. The second-order valence-electron chi connectivity index (χ2n) is 9.80. The molecular formula is C26H33N5O5. The number of fused-ring (bicyclic) bond motifs is 1. The van der Waals surface area contributed by atoms with Crippen molar-refractivity contribution in [1.29, 1.82) is 0 Å². The molecule has 2 aliphatic heterocycles. The Hall–Kier alpha value is -3.56. The zero-order valence-electron chi connectivity index (χ0n) is 20.9. The maximum atomic E-state index is 13.5. The van der Waals surface area contributed by atoms with E-state index in [1.807, 2.05) is 7.05 Å². The summed E-state index contributed by atoms with van der Waals surface area (Å²) in [5.74, 6) is 0.856. The van der Waals surface area contributed by atoms with Gasteiger partial charge >= 0.3 is 0 Å². The van der Waals surface area contributed by atoms with Crippen molar-refractivity contribution in [2.45, 2.75) is 44.7 Å². The van der Waals surface area contributed by atoms with Gasteiger partial charge in [-0.3, -0.25) is 19.1 Å². The Balaban J connectivity index is 1.23. The number of nitrogens with zero attached hydrogens (tertiary/aromatic N) is 4. The van der Waals surface area contributed by atoms with Gasteiger partial charge in [-0.15, -0.1) is 0 Å². The predicted molar refractivity (Wildman–Crippen MR) is 131 cm³/mol. The van der Waals surface area contributed by atoms with E-state index in [4.69, 9.17) is 9.47 Å². The number of methoxy groups -OCH3 is 1. The lowest BCUT2D eigenvalue weighted by atomic mass is 9.96. The lowest BCUT2D eigenvalue weighted by molar-refractivity contribution is -0.134. The number of amides is 3. The van der Waals surface area contributed by atoms with Gasteiger partial charge in [-0.25, -0.2) is 0 Å². The molecule has 1 aliphatic carbocycles. The summed E-state index contributed by atoms with van der Waals surface area (Å²) >= 11 is 0. The van der Waals surface area contributed by atoms with Gasteiger partial charge in [0.25, 0.3) is 11.8 Å². The Morgan fingerprint density at radius 1 is 1.06 bits per heavy atom. The lowest BCUT2D eigenvalue weighted by Gasteiger charge is -2.32. The topological polar surface area (TPSA) is 106 Å². The third kappa shape index (κ3) is 5.17. The third-order valence-corrected chi connectivity index (χ3v) is 7.22. The molecule has 2 aromatic rings. The van der Waals surface area contributed by atoms with Gasteiger partial charge in [0.15, 0.2) is 12.3 Å². The van der Waals surface area contributed by atoms with Crippen LogP contribution in [0.4, 0.5) is 0 Å². The first-order chi connectivity index (χ1) is 17.4. The molecule has 2 fully saturated rings. The number of piperidine rings is 1. The Morgan fingerprint density at radius 2 is 1.81 bits per heavy atom. The van der Waals surface area contributed by atoms with E-state index in [1.165, 1.54) is 0 Å². The van der Waals surface area contributed by atoms with Crippen LogP contribution in [-0.2, 0) is 29.6 Å². The van der Waals surface area contributed by atoms with Crippen molar-refractivity contribution in [3.63, 3.8) is 0 Å². The number of hydrogen-bond acceptors (Lipinski definition) is 6. The van der Waals surface area contributed by atoms with E-state index in [0.29, 0.717) is 50.1 Å². The summed E-state index contributed by atoms with van der Waals surface area (Å²) in [5.41, 5.74) is 2.14. The number of rotatable bonds is 7. The minimum atomic E-state index is -0.184. The SMILES string of the molecule is COc1ccc(OCC(=O)N2CCc3c(c(C(=O)N4CCCC(C(=O)NC5CC5)C4)nn3C)C2)cc1. The van der Waals surface area contributed by atoms with Crippen molar-refractivity contribution in [2.24, 2.45) is 13.0 Å². The Kier molecular flexibility index (Phi) is 6.84. The number of hydrogen-bond donors (Lipinski definition) is 1. The van der Waals surface area contributed by atoms with Gasteiger partial charge in [0.2, 0.25) is 5.91 Å². The first kappa shape index (κ1) is 24.1. The molecule has 3 aliphatic rings. The fourth-order valence-electron chi connectivity index (χ4n) is 4.96. The van der Waals surface area contributed by atoms with E-state index in [1.54, 1.807) is 45.9 Å². The van der Waals surface area contributed by atoms with Crippen LogP contribution in [0.1, 0.15) is 47.4 Å². The second kappa shape index (κ2) is 10.2. The number of ether oxygens (including phenoxy) is 2. The zero-order valence-corrected chi connectivity index (χ0v) is 20.9. The highest BCUT2D eigenvalue weighted by atomic mass is 16.5. The van der Waals surface area contributed by atoms with Crippen molar-refractivity contribution in [1.82, 2.24) is 24.9 Å². The van der Waals surface area contributed by atoms with Gasteiger partial charge < -0.3 is 24.6 Å². The molecule has 1 atom stereocenters. The maximum Gasteiger partial charge on any atom is 0.274 e. The van der Waals surface area contributed by atoms with Gasteiger partial charge in [-0.1, -0.05) is 0 Å². The van der Waals surface area contributed by atoms with Crippen molar-refractivity contribution >= 4 is 17.7 Å². The minimum Gasteiger partial charge on any atom is -0.497 e. The molecule has 36 heavy (non-hydrogen) atoms. The van der Waals surface area contributed by atoms with Crippen LogP contribution in [0, 0.1) is 5.92 Å². The molecular weight excluding hydrogens is 462 g/mol. The van der Waals surface area contributed by atoms with Crippen LogP contribution in [0.3, 0.4) is 0 Å². The fourth-order valence-corrected chi connectivity index (χ4v) is 4.96. The Morgan fingerprint density at radius 3 is 2.53 bits per heavy atom. The van der Waals surface area contributed by atoms with Crippen molar-refractivity contribution in [3.8, 4) is 11.5 Å². The molecule has 1 aromatic heterocycles. The van der Waals surface area contributed by atoms with E-state index in [-0.39, 0.29) is 30.2 Å². The highest BCUT2D eigenvalue weighted by Crippen LogP contribution is 2.27. The predicted octanol–water partition coefficient (Wildman–Crippen LogP) is 1.52. The van der Waals surface area contributed by atoms with Crippen LogP contribution in [0.2, 0.25) is 0 Å². The largest absolute Gasteiger partial charge is 0.497 e. The van der Waals surface area contributed by atoms with Crippen LogP contribution in [0.5, 0.6) is 11.5 Å². The normalized spacial score (nSPS) is 19.4. The third-order valence-electron chi connectivity index (χ3n) is 7.22. The number of likely N-dealkylation sites (tertiary alicyclic amines) is 1. The van der Waals surface area contributed by atoms with Gasteiger partial charge in [-0.2, -0.15) is 5.10 Å². The van der Waals surface area contributed by atoms with E-state index < -0.39 is 0 Å². The van der Waals surface area contributed by atoms with Crippen LogP contribution in [-0.4, -0.2) is 76.7 Å². The summed E-state index contributed by atoms with van der Waals surface area (Å²) in [6.45, 7) is 1.78. The summed E-state index contributed by atoms with van der Waals surface area (Å²) in [5, 5.41) is 7.61. The molecule has 3 amide bonds. The van der Waals surface area contributed by atoms with Crippen molar-refractivity contribution in [2.75, 3.05) is 33.4 Å². The first-order valence-electron chi connectivity index (χ1n) is 12.6. The number of carbonyl (C=O) groups is 3. The summed E-state index contributed by atoms with van der Waals surface area (Å²) in [4.78, 5) is 42.5. The zero-order chi connectivity index (χ0) is 25.2. The average Bonchev–Trinajstić information content (AvgIpc) is 3.67. The number of aryl methyl sites for hydroxylation is 1. The number of nitrogens with one attached hydrogen (secondary N) is 1. The summed E-state index contributed by atoms with van der Waals surface area (Å²) < 4.78 is 12.6. The average molecular weight is 496 g/mol. The van der Waals surface area contributed by atoms with Gasteiger partial charge in [0.05, 0.1) is 13.0 Å². The van der Waals surface area contributed by atoms with E-state index in [2.05, 4.69) is 10.4 Å². The monoisotopic (exact) mass is 495 g/mol. The minimum absolute atomic E-state index is 0.0479. The van der Waals surface area contributed by atoms with Crippen LogP contribution in [0.25, 0.3) is 0 Å². The number of aromatic nitrogens is 2. The van der Waals surface area contributed by atoms with Crippen LogP contribution < -0.4 is 14.8 Å². The molecule has 1 aromatic carbocycles. The van der Waals surface area contributed by atoms with E-state index >= 15 is 0 Å². The van der Waals surface area contributed by atoms with E-state index in [0.717, 1.165) is 42.7 Å². The summed E-state index contributed by atoms with van der Waals surface area (Å²) in [6.07, 6.45) is 4.28. The Bertz CT molecular complexity index is 1140. The van der Waals surface area contributed by atoms with Gasteiger partial charge in [0, 0.05) is 56.9 Å². The number of carbonyl (C=O) groups excluding carboxylic acids is 3. The van der Waals surface area contributed by atoms with Gasteiger partial charge in [-0.05, 0) is 49.9 Å². The molecule has 0 spiro atoms. The highest BCUT2D eigenvalue weighted by molar-refractivity contribution is 5.95. The quantitative estimate of drug-likeness (QED) is 0.625. The standard InChI is InChI=1S/C26H33N5O5/c1-29-22-11-13-30(23(32)16-36-20-9-7-19(35-2)8-10-20)15-21(22)24(28-29)26(34)31-12-3-4-17(14-31)25(33)27-18-5-6-18/h7-10,17-18H,3-6,11-16H2,1-2H3,(H,27,33). The van der Waals surface area contributed by atoms with Crippen molar-refractivity contribution < 1.29 is 23.9 Å². The van der Waals surface area contributed by atoms with Crippen LogP contribution >= 0.6 is 0 Å². The van der Waals surface area contributed by atoms with Gasteiger partial charge in [0.1, 0.15) is 11.5 Å². The first-order valence-corrected chi connectivity index (χ1v) is 12.6. The molecule has 3 heterocycles. The highest BCUT2D eigenvalue weighted by Gasteiger charge is 2.35. The second-order valence-corrected chi connectivity index (χ2v) is 9.80. The summed E-state index contributed by atoms with van der Waals surface area (Å²) in [7, 11) is 3.43. The molecule has 10 nitrogen and oxygen atoms in total. The smallest absolute Gasteiger partial charge is 0.274 e. The molecule has 1 saturated carbocycles. The van der Waals surface area contributed by atoms with Crippen molar-refractivity contribution in [3.05, 3.63) is 41.2 Å². The number of benzene rings is 1. The molecule has 5 rings (SSSR count). The fraction of sp³-hybridized carbons (Fsp3) is 0.538. The summed E-state index contributed by atoms with van der Waals surface area (Å²) in [6, 6.07) is 7.38. The molecule has 0 bridgehead atoms. The molecule has 1 saturated heterocycles. The molecule has 10 heteroatoms. The molecule has 192 valence electrons. The molecule has 0 radical (unpaired) electrons. The van der Waals surface area contributed by atoms with Crippen LogP contribution in [0.15, 0.2) is 24.3 Å². The van der Waals surface area contributed by atoms with E-state index in [9.17, 15) is 14.4 Å². The molecule has 1 unspecified atom stereocenters. The lowest BCUT2D eigenvalue weighted by Crippen LogP contribution is -2.46. The maximum absolute atomic E-state index is 13.5. The Labute approximate surface area is 210 Å².